The van der Waals surface area contributed by atoms with E-state index in [9.17, 15) is 0 Å². The Labute approximate surface area is 98.0 Å². The summed E-state index contributed by atoms with van der Waals surface area (Å²) in [6.07, 6.45) is 3.42. The summed E-state index contributed by atoms with van der Waals surface area (Å²) in [5, 5.41) is 7.70. The smallest absolute Gasteiger partial charge is 0.0593 e. The number of aryl methyl sites for hydroxylation is 1. The molecule has 0 bridgehead atoms. The summed E-state index contributed by atoms with van der Waals surface area (Å²) in [6.45, 7) is 9.87. The molecule has 16 heavy (non-hydrogen) atoms. The van der Waals surface area contributed by atoms with Gasteiger partial charge in [0.15, 0.2) is 0 Å². The van der Waals surface area contributed by atoms with Crippen LogP contribution in [0.4, 0.5) is 0 Å². The molecule has 0 unspecified atom stereocenters. The van der Waals surface area contributed by atoms with Gasteiger partial charge in [0, 0.05) is 19.3 Å². The molecule has 1 N–H and O–H groups in total. The zero-order valence-electron chi connectivity index (χ0n) is 10.6. The molecule has 0 fully saturated rings. The lowest BCUT2D eigenvalue weighted by atomic mass is 10.4. The van der Waals surface area contributed by atoms with Gasteiger partial charge in [0.2, 0.25) is 0 Å². The topological polar surface area (TPSA) is 39.1 Å². The largest absolute Gasteiger partial charge is 0.379 e. The number of hydrogen-bond donors (Lipinski definition) is 1. The van der Waals surface area contributed by atoms with Crippen molar-refractivity contribution in [2.24, 2.45) is 0 Å². The highest BCUT2D eigenvalue weighted by molar-refractivity contribution is 4.94. The third kappa shape index (κ3) is 5.88. The molecular formula is C12H23N3O. The van der Waals surface area contributed by atoms with E-state index in [2.05, 4.69) is 24.3 Å². The van der Waals surface area contributed by atoms with Gasteiger partial charge in [-0.3, -0.25) is 4.68 Å². The maximum absolute atomic E-state index is 5.45. The number of ether oxygens (including phenoxy) is 1. The summed E-state index contributed by atoms with van der Waals surface area (Å²) >= 11 is 0. The van der Waals surface area contributed by atoms with E-state index in [4.69, 9.17) is 4.74 Å². The SMILES string of the molecule is Cc1ccn(CCNCCCOC(C)C)n1. The molecule has 0 spiro atoms. The molecular weight excluding hydrogens is 202 g/mol. The first-order valence-electron chi connectivity index (χ1n) is 6.01. The van der Waals surface area contributed by atoms with Gasteiger partial charge < -0.3 is 10.1 Å². The minimum absolute atomic E-state index is 0.340. The van der Waals surface area contributed by atoms with Crippen molar-refractivity contribution in [1.82, 2.24) is 15.1 Å². The Balaban J connectivity index is 1.92. The molecule has 0 saturated heterocycles. The Kier molecular flexibility index (Phi) is 6.11. The van der Waals surface area contributed by atoms with Crippen molar-refractivity contribution >= 4 is 0 Å². The van der Waals surface area contributed by atoms with E-state index < -0.39 is 0 Å². The van der Waals surface area contributed by atoms with Crippen LogP contribution in [0.5, 0.6) is 0 Å². The van der Waals surface area contributed by atoms with Gasteiger partial charge in [0.1, 0.15) is 0 Å². The molecule has 0 aliphatic heterocycles. The van der Waals surface area contributed by atoms with Crippen molar-refractivity contribution in [3.05, 3.63) is 18.0 Å². The Morgan fingerprint density at radius 2 is 2.25 bits per heavy atom. The van der Waals surface area contributed by atoms with E-state index in [1.807, 2.05) is 23.9 Å². The Morgan fingerprint density at radius 1 is 1.44 bits per heavy atom. The van der Waals surface area contributed by atoms with Crippen molar-refractivity contribution < 1.29 is 4.74 Å². The normalized spacial score (nSPS) is 11.2. The second-order valence-electron chi connectivity index (χ2n) is 4.24. The van der Waals surface area contributed by atoms with Crippen molar-refractivity contribution in [1.29, 1.82) is 0 Å². The van der Waals surface area contributed by atoms with Crippen LogP contribution < -0.4 is 5.32 Å². The minimum atomic E-state index is 0.340. The minimum Gasteiger partial charge on any atom is -0.379 e. The van der Waals surface area contributed by atoms with Gasteiger partial charge in [0.25, 0.3) is 0 Å². The lowest BCUT2D eigenvalue weighted by Crippen LogP contribution is -2.22. The van der Waals surface area contributed by atoms with Crippen LogP contribution in [-0.4, -0.2) is 35.6 Å². The molecule has 0 aromatic carbocycles. The van der Waals surface area contributed by atoms with Crippen molar-refractivity contribution in [3.8, 4) is 0 Å². The lowest BCUT2D eigenvalue weighted by molar-refractivity contribution is 0.0771. The molecule has 1 aromatic rings. The Morgan fingerprint density at radius 3 is 2.88 bits per heavy atom. The van der Waals surface area contributed by atoms with E-state index in [1.165, 1.54) is 0 Å². The van der Waals surface area contributed by atoms with Gasteiger partial charge in [-0.2, -0.15) is 5.10 Å². The molecule has 0 atom stereocenters. The number of rotatable bonds is 8. The fourth-order valence-corrected chi connectivity index (χ4v) is 1.42. The standard InChI is InChI=1S/C12H23N3O/c1-11(2)16-10-4-6-13-7-9-15-8-5-12(3)14-15/h5,8,11,13H,4,6-7,9-10H2,1-3H3. The first-order valence-corrected chi connectivity index (χ1v) is 6.01. The quantitative estimate of drug-likeness (QED) is 0.683. The second kappa shape index (κ2) is 7.41. The van der Waals surface area contributed by atoms with Gasteiger partial charge >= 0.3 is 0 Å². The summed E-state index contributed by atoms with van der Waals surface area (Å²) in [7, 11) is 0. The van der Waals surface area contributed by atoms with Crippen LogP contribution in [0.2, 0.25) is 0 Å². The average Bonchev–Trinajstić information content (AvgIpc) is 2.62. The molecule has 4 heteroatoms. The molecule has 0 radical (unpaired) electrons. The van der Waals surface area contributed by atoms with Crippen LogP contribution in [0.1, 0.15) is 26.0 Å². The van der Waals surface area contributed by atoms with Gasteiger partial charge in [-0.1, -0.05) is 0 Å². The predicted octanol–water partition coefficient (Wildman–Crippen LogP) is 1.60. The molecule has 0 aliphatic rings. The first-order chi connectivity index (χ1) is 7.68. The van der Waals surface area contributed by atoms with Crippen LogP contribution in [0.3, 0.4) is 0 Å². The van der Waals surface area contributed by atoms with E-state index in [-0.39, 0.29) is 0 Å². The van der Waals surface area contributed by atoms with Gasteiger partial charge in [-0.25, -0.2) is 0 Å². The van der Waals surface area contributed by atoms with Crippen molar-refractivity contribution in [3.63, 3.8) is 0 Å². The van der Waals surface area contributed by atoms with Crippen molar-refractivity contribution in [2.45, 2.75) is 39.8 Å². The molecule has 92 valence electrons. The monoisotopic (exact) mass is 225 g/mol. The summed E-state index contributed by atoms with van der Waals surface area (Å²) in [6, 6.07) is 2.02. The average molecular weight is 225 g/mol. The van der Waals surface area contributed by atoms with Crippen LogP contribution in [-0.2, 0) is 11.3 Å². The van der Waals surface area contributed by atoms with Crippen LogP contribution in [0, 0.1) is 6.92 Å². The summed E-state index contributed by atoms with van der Waals surface area (Å²) < 4.78 is 7.42. The Bertz CT molecular complexity index is 284. The maximum atomic E-state index is 5.45. The first kappa shape index (κ1) is 13.2. The summed E-state index contributed by atoms with van der Waals surface area (Å²) in [4.78, 5) is 0. The van der Waals surface area contributed by atoms with E-state index >= 15 is 0 Å². The summed E-state index contributed by atoms with van der Waals surface area (Å²) in [5.74, 6) is 0. The van der Waals surface area contributed by atoms with Crippen molar-refractivity contribution in [2.75, 3.05) is 19.7 Å². The number of aromatic nitrogens is 2. The third-order valence-corrected chi connectivity index (χ3v) is 2.24. The molecule has 1 heterocycles. The highest BCUT2D eigenvalue weighted by Gasteiger charge is 1.95. The lowest BCUT2D eigenvalue weighted by Gasteiger charge is -2.08. The van der Waals surface area contributed by atoms with Gasteiger partial charge in [-0.05, 0) is 39.8 Å². The predicted molar refractivity (Wildman–Crippen MR) is 65.5 cm³/mol. The van der Waals surface area contributed by atoms with E-state index in [1.54, 1.807) is 0 Å². The second-order valence-corrected chi connectivity index (χ2v) is 4.24. The highest BCUT2D eigenvalue weighted by atomic mass is 16.5. The third-order valence-electron chi connectivity index (χ3n) is 2.24. The van der Waals surface area contributed by atoms with Gasteiger partial charge in [-0.15, -0.1) is 0 Å². The fraction of sp³-hybridized carbons (Fsp3) is 0.750. The molecule has 1 rings (SSSR count). The zero-order chi connectivity index (χ0) is 11.8. The number of nitrogens with zero attached hydrogens (tertiary/aromatic N) is 2. The molecule has 0 aliphatic carbocycles. The molecule has 0 saturated carbocycles. The van der Waals surface area contributed by atoms with Gasteiger partial charge in [0.05, 0.1) is 18.3 Å². The molecule has 1 aromatic heterocycles. The zero-order valence-corrected chi connectivity index (χ0v) is 10.6. The number of hydrogen-bond acceptors (Lipinski definition) is 3. The number of nitrogens with one attached hydrogen (secondary N) is 1. The Hall–Kier alpha value is -0.870. The fourth-order valence-electron chi connectivity index (χ4n) is 1.42. The van der Waals surface area contributed by atoms with Crippen LogP contribution >= 0.6 is 0 Å². The highest BCUT2D eigenvalue weighted by Crippen LogP contribution is 1.92. The summed E-state index contributed by atoms with van der Waals surface area (Å²) in [5.41, 5.74) is 1.07. The van der Waals surface area contributed by atoms with E-state index in [0.717, 1.165) is 38.4 Å². The molecule has 4 nitrogen and oxygen atoms in total. The maximum Gasteiger partial charge on any atom is 0.0593 e. The van der Waals surface area contributed by atoms with E-state index in [0.29, 0.717) is 6.10 Å². The van der Waals surface area contributed by atoms with Crippen LogP contribution in [0.25, 0.3) is 0 Å². The van der Waals surface area contributed by atoms with Crippen LogP contribution in [0.15, 0.2) is 12.3 Å². The molecule has 0 amide bonds.